The minimum absolute atomic E-state index is 0.0152. The van der Waals surface area contributed by atoms with Gasteiger partial charge in [0.05, 0.1) is 12.7 Å². The second kappa shape index (κ2) is 7.83. The van der Waals surface area contributed by atoms with Crippen molar-refractivity contribution < 1.29 is 56.3 Å². The minimum atomic E-state index is -5.55. The van der Waals surface area contributed by atoms with Crippen LogP contribution in [-0.2, 0) is 31.6 Å². The number of ether oxygens (including phenoxy) is 1. The Morgan fingerprint density at radius 2 is 1.78 bits per heavy atom. The van der Waals surface area contributed by atoms with Gasteiger partial charge in [-0.25, -0.2) is 13.7 Å². The van der Waals surface area contributed by atoms with Crippen molar-refractivity contribution in [2.24, 2.45) is 0 Å². The Balaban J connectivity index is 2.53. The number of aliphatic hydroxyl groups is 1. The Morgan fingerprint density at radius 3 is 2.30 bits per heavy atom. The molecule has 0 aromatic rings. The highest BCUT2D eigenvalue weighted by Gasteiger charge is 2.42. The molecule has 1 aliphatic heterocycles. The van der Waals surface area contributed by atoms with Crippen LogP contribution in [0.25, 0.3) is 0 Å². The Labute approximate surface area is 130 Å². The second-order valence-corrected chi connectivity index (χ2v) is 8.66. The SMILES string of the molecule is C=CNC1OC(COP(=O)(O)OP(=O)(O)OP(=O)(O)O)CC1O. The van der Waals surface area contributed by atoms with Gasteiger partial charge < -0.3 is 34.7 Å². The van der Waals surface area contributed by atoms with Gasteiger partial charge in [0.15, 0.2) is 6.23 Å². The smallest absolute Gasteiger partial charge is 0.388 e. The molecule has 1 fully saturated rings. The molecule has 13 nitrogen and oxygen atoms in total. The number of nitrogens with one attached hydrogen (secondary N) is 1. The Bertz CT molecular complexity index is 561. The van der Waals surface area contributed by atoms with Crippen molar-refractivity contribution in [2.75, 3.05) is 6.61 Å². The molecule has 0 aromatic heterocycles. The molecule has 0 saturated carbocycles. The summed E-state index contributed by atoms with van der Waals surface area (Å²) < 4.78 is 49.6. The highest BCUT2D eigenvalue weighted by atomic mass is 31.3. The molecule has 0 bridgehead atoms. The highest BCUT2D eigenvalue weighted by molar-refractivity contribution is 7.66. The van der Waals surface area contributed by atoms with Crippen LogP contribution in [0.1, 0.15) is 6.42 Å². The summed E-state index contributed by atoms with van der Waals surface area (Å²) in [6.07, 6.45) is -1.35. The number of hydrogen-bond acceptors (Lipinski definition) is 9. The lowest BCUT2D eigenvalue weighted by Gasteiger charge is -2.18. The van der Waals surface area contributed by atoms with Crippen LogP contribution in [0.15, 0.2) is 12.8 Å². The predicted molar refractivity (Wildman–Crippen MR) is 72.4 cm³/mol. The fourth-order valence-corrected chi connectivity index (χ4v) is 4.65. The maximum Gasteiger partial charge on any atom is 0.490 e. The van der Waals surface area contributed by atoms with E-state index >= 15 is 0 Å². The first-order valence-electron chi connectivity index (χ1n) is 5.82. The van der Waals surface area contributed by atoms with Crippen LogP contribution in [0.4, 0.5) is 0 Å². The summed E-state index contributed by atoms with van der Waals surface area (Å²) in [7, 11) is -16.2. The standard InChI is InChI=1S/C7H16NO12P3/c1-2-8-7-6(9)3-5(18-7)4-17-22(13,14)20-23(15,16)19-21(10,11)12/h2,5-9H,1,3-4H2,(H,13,14)(H,15,16)(H2,10,11,12). The van der Waals surface area contributed by atoms with Crippen LogP contribution < -0.4 is 5.32 Å². The van der Waals surface area contributed by atoms with Gasteiger partial charge in [-0.1, -0.05) is 6.58 Å². The topological polar surface area (TPSA) is 201 Å². The van der Waals surface area contributed by atoms with Crippen molar-refractivity contribution in [3.05, 3.63) is 12.8 Å². The zero-order valence-corrected chi connectivity index (χ0v) is 14.0. The number of phosphoric acid groups is 3. The molecule has 0 aliphatic carbocycles. The molecule has 5 atom stereocenters. The second-order valence-electron chi connectivity index (χ2n) is 4.24. The third kappa shape index (κ3) is 7.99. The van der Waals surface area contributed by atoms with Crippen LogP contribution in [-0.4, -0.2) is 49.7 Å². The molecule has 0 amide bonds. The number of phosphoric ester groups is 1. The fraction of sp³-hybridized carbons (Fsp3) is 0.714. The lowest BCUT2D eigenvalue weighted by Crippen LogP contribution is -2.33. The highest BCUT2D eigenvalue weighted by Crippen LogP contribution is 2.66. The van der Waals surface area contributed by atoms with Crippen LogP contribution >= 0.6 is 23.5 Å². The van der Waals surface area contributed by atoms with Crippen LogP contribution in [0, 0.1) is 0 Å². The summed E-state index contributed by atoms with van der Waals surface area (Å²) in [5, 5.41) is 12.2. The summed E-state index contributed by atoms with van der Waals surface area (Å²) in [5.74, 6) is 0. The first-order valence-corrected chi connectivity index (χ1v) is 10.3. The van der Waals surface area contributed by atoms with E-state index in [1.807, 2.05) is 0 Å². The van der Waals surface area contributed by atoms with Crippen molar-refractivity contribution in [3.8, 4) is 0 Å². The molecule has 0 radical (unpaired) electrons. The van der Waals surface area contributed by atoms with E-state index in [1.165, 1.54) is 6.20 Å². The van der Waals surface area contributed by atoms with E-state index in [-0.39, 0.29) is 6.42 Å². The molecule has 1 heterocycles. The first-order chi connectivity index (χ1) is 10.3. The number of hydrogen-bond donors (Lipinski definition) is 6. The van der Waals surface area contributed by atoms with E-state index < -0.39 is 48.5 Å². The Morgan fingerprint density at radius 1 is 1.17 bits per heavy atom. The molecule has 1 rings (SSSR count). The van der Waals surface area contributed by atoms with E-state index in [9.17, 15) is 23.7 Å². The lowest BCUT2D eigenvalue weighted by molar-refractivity contribution is -0.0196. The molecular weight excluding hydrogens is 383 g/mol. The monoisotopic (exact) mass is 399 g/mol. The molecule has 136 valence electrons. The first kappa shape index (κ1) is 20.9. The summed E-state index contributed by atoms with van der Waals surface area (Å²) in [5.41, 5.74) is 0. The lowest BCUT2D eigenvalue weighted by atomic mass is 10.2. The largest absolute Gasteiger partial charge is 0.490 e. The maximum absolute atomic E-state index is 11.5. The summed E-state index contributed by atoms with van der Waals surface area (Å²) in [6, 6.07) is 0. The zero-order valence-electron chi connectivity index (χ0n) is 11.4. The van der Waals surface area contributed by atoms with Crippen LogP contribution in [0.3, 0.4) is 0 Å². The van der Waals surface area contributed by atoms with Gasteiger partial charge in [-0.05, 0) is 6.20 Å². The third-order valence-electron chi connectivity index (χ3n) is 2.31. The maximum atomic E-state index is 11.5. The summed E-state index contributed by atoms with van der Waals surface area (Å²) >= 11 is 0. The van der Waals surface area contributed by atoms with Gasteiger partial charge in [0.25, 0.3) is 0 Å². The predicted octanol–water partition coefficient (Wildman–Crippen LogP) is -0.461. The van der Waals surface area contributed by atoms with Crippen molar-refractivity contribution >= 4 is 23.5 Å². The molecule has 16 heteroatoms. The van der Waals surface area contributed by atoms with Crippen LogP contribution in [0.2, 0.25) is 0 Å². The van der Waals surface area contributed by atoms with Gasteiger partial charge in [0.1, 0.15) is 6.10 Å². The van der Waals surface area contributed by atoms with Gasteiger partial charge in [-0.3, -0.25) is 4.52 Å². The summed E-state index contributed by atoms with van der Waals surface area (Å²) in [6.45, 7) is 2.75. The van der Waals surface area contributed by atoms with E-state index in [2.05, 4.69) is 25.0 Å². The Kier molecular flexibility index (Phi) is 7.12. The molecule has 0 aromatic carbocycles. The van der Waals surface area contributed by atoms with Gasteiger partial charge in [0, 0.05) is 6.42 Å². The van der Waals surface area contributed by atoms with Crippen LogP contribution in [0.5, 0.6) is 0 Å². The summed E-state index contributed by atoms with van der Waals surface area (Å²) in [4.78, 5) is 34.9. The molecule has 1 aliphatic rings. The zero-order chi connectivity index (χ0) is 17.9. The van der Waals surface area contributed by atoms with Crippen molar-refractivity contribution in [2.45, 2.75) is 24.9 Å². The normalized spacial score (nSPS) is 30.4. The fourth-order valence-electron chi connectivity index (χ4n) is 1.60. The number of rotatable bonds is 9. The average Bonchev–Trinajstić information content (AvgIpc) is 2.64. The van der Waals surface area contributed by atoms with Gasteiger partial charge in [-0.2, -0.15) is 8.62 Å². The van der Waals surface area contributed by atoms with E-state index in [1.54, 1.807) is 0 Å². The molecular formula is C7H16NO12P3. The van der Waals surface area contributed by atoms with Gasteiger partial charge in [0.2, 0.25) is 0 Å². The van der Waals surface area contributed by atoms with Gasteiger partial charge in [-0.15, -0.1) is 0 Å². The van der Waals surface area contributed by atoms with E-state index in [4.69, 9.17) is 19.4 Å². The molecule has 1 saturated heterocycles. The van der Waals surface area contributed by atoms with E-state index in [0.29, 0.717) is 0 Å². The molecule has 6 N–H and O–H groups in total. The molecule has 5 unspecified atom stereocenters. The minimum Gasteiger partial charge on any atom is -0.388 e. The molecule has 23 heavy (non-hydrogen) atoms. The van der Waals surface area contributed by atoms with Crippen molar-refractivity contribution in [3.63, 3.8) is 0 Å². The quantitative estimate of drug-likeness (QED) is 0.272. The third-order valence-corrected chi connectivity index (χ3v) is 6.12. The van der Waals surface area contributed by atoms with Gasteiger partial charge >= 0.3 is 23.5 Å². The number of aliphatic hydroxyl groups excluding tert-OH is 1. The average molecular weight is 399 g/mol. The van der Waals surface area contributed by atoms with Crippen molar-refractivity contribution in [1.82, 2.24) is 5.32 Å². The Hall–Kier alpha value is -0.130. The van der Waals surface area contributed by atoms with E-state index in [0.717, 1.165) is 0 Å². The van der Waals surface area contributed by atoms with Crippen molar-refractivity contribution in [1.29, 1.82) is 0 Å². The molecule has 0 spiro atoms.